The highest BCUT2D eigenvalue weighted by molar-refractivity contribution is 7.82. The molecule has 1 N–H and O–H groups in total. The molecule has 0 bridgehead atoms. The van der Waals surface area contributed by atoms with E-state index in [2.05, 4.69) is 136 Å². The summed E-state index contributed by atoms with van der Waals surface area (Å²) in [5.74, 6) is 1.74. The van der Waals surface area contributed by atoms with Crippen LogP contribution in [-0.2, 0) is 0 Å². The van der Waals surface area contributed by atoms with Gasteiger partial charge in [-0.15, -0.1) is 0 Å². The third kappa shape index (κ3) is 5.21. The summed E-state index contributed by atoms with van der Waals surface area (Å²) in [5.41, 5.74) is 1.30. The van der Waals surface area contributed by atoms with Crippen molar-refractivity contribution in [1.82, 2.24) is 5.09 Å². The van der Waals surface area contributed by atoms with Crippen LogP contribution in [0, 0.1) is 0 Å². The first-order valence-electron chi connectivity index (χ1n) is 12.4. The van der Waals surface area contributed by atoms with Gasteiger partial charge in [-0.05, 0) is 48.3 Å². The van der Waals surface area contributed by atoms with E-state index in [4.69, 9.17) is 9.47 Å². The molecule has 3 nitrogen and oxygen atoms in total. The Balaban J connectivity index is 1.70. The van der Waals surface area contributed by atoms with Gasteiger partial charge in [-0.1, -0.05) is 112 Å². The first kappa shape index (κ1) is 25.0. The minimum Gasteiger partial charge on any atom is -0.454 e. The van der Waals surface area contributed by atoms with Crippen LogP contribution in [0.3, 0.4) is 0 Å². The molecule has 0 saturated heterocycles. The van der Waals surface area contributed by atoms with Gasteiger partial charge in [0.25, 0.3) is 0 Å². The van der Waals surface area contributed by atoms with E-state index in [0.717, 1.165) is 11.5 Å². The molecular formula is C31H33NO2P2. The lowest BCUT2D eigenvalue weighted by Gasteiger charge is -2.37. The Morgan fingerprint density at radius 3 is 1.83 bits per heavy atom. The summed E-state index contributed by atoms with van der Waals surface area (Å²) in [6.45, 7) is 9.54. The summed E-state index contributed by atoms with van der Waals surface area (Å²) in [7, 11) is -1.63. The predicted octanol–water partition coefficient (Wildman–Crippen LogP) is 6.35. The standard InChI is InChI=1S/C31H33NO2P2/c1-23(24-14-8-5-9-15-24)32-36(31(2,3)4)28-21-20-27-29(34-22-33-27)30(28)35(25-16-10-6-11-17-25)26-18-12-7-13-19-26/h5-21,23,32H,22H2,1-4H3/t23-,36?/m0/s1. The molecule has 0 fully saturated rings. The topological polar surface area (TPSA) is 30.5 Å². The second-order valence-corrected chi connectivity index (χ2v) is 14.8. The number of hydrogen-bond acceptors (Lipinski definition) is 3. The highest BCUT2D eigenvalue weighted by atomic mass is 31.1. The van der Waals surface area contributed by atoms with Crippen LogP contribution >= 0.6 is 16.0 Å². The van der Waals surface area contributed by atoms with Crippen LogP contribution in [0.25, 0.3) is 0 Å². The zero-order valence-electron chi connectivity index (χ0n) is 21.3. The highest BCUT2D eigenvalue weighted by Crippen LogP contribution is 2.51. The third-order valence-electron chi connectivity index (χ3n) is 6.28. The number of hydrogen-bond donors (Lipinski definition) is 1. The van der Waals surface area contributed by atoms with Crippen molar-refractivity contribution in [3.8, 4) is 11.5 Å². The first-order chi connectivity index (χ1) is 17.4. The summed E-state index contributed by atoms with van der Waals surface area (Å²) in [4.78, 5) is 0. The predicted molar refractivity (Wildman–Crippen MR) is 156 cm³/mol. The lowest BCUT2D eigenvalue weighted by atomic mass is 10.1. The van der Waals surface area contributed by atoms with Gasteiger partial charge in [0.2, 0.25) is 6.79 Å². The second-order valence-electron chi connectivity index (χ2n) is 9.94. The molecule has 0 saturated carbocycles. The third-order valence-corrected chi connectivity index (χ3v) is 11.8. The minimum absolute atomic E-state index is 0.0230. The Labute approximate surface area is 217 Å². The number of rotatable bonds is 7. The number of benzene rings is 4. The lowest BCUT2D eigenvalue weighted by molar-refractivity contribution is 0.174. The second kappa shape index (κ2) is 10.7. The Morgan fingerprint density at radius 2 is 1.28 bits per heavy atom. The smallest absolute Gasteiger partial charge is 0.231 e. The van der Waals surface area contributed by atoms with E-state index in [1.165, 1.54) is 26.8 Å². The van der Waals surface area contributed by atoms with Gasteiger partial charge in [-0.25, -0.2) is 0 Å². The van der Waals surface area contributed by atoms with Gasteiger partial charge in [-0.2, -0.15) is 0 Å². The van der Waals surface area contributed by atoms with Crippen LogP contribution < -0.4 is 35.8 Å². The zero-order valence-corrected chi connectivity index (χ0v) is 23.1. The fourth-order valence-corrected chi connectivity index (χ4v) is 9.90. The van der Waals surface area contributed by atoms with Gasteiger partial charge in [0.15, 0.2) is 11.5 Å². The van der Waals surface area contributed by atoms with E-state index >= 15 is 0 Å². The normalized spacial score (nSPS) is 14.6. The molecule has 0 amide bonds. The fourth-order valence-electron chi connectivity index (χ4n) is 4.54. The maximum Gasteiger partial charge on any atom is 0.231 e. The molecule has 1 aliphatic heterocycles. The van der Waals surface area contributed by atoms with E-state index in [-0.39, 0.29) is 18.0 Å². The number of ether oxygens (including phenoxy) is 2. The van der Waals surface area contributed by atoms with Crippen LogP contribution in [0.5, 0.6) is 11.5 Å². The summed E-state index contributed by atoms with van der Waals surface area (Å²) in [5, 5.41) is 9.30. The van der Waals surface area contributed by atoms with Crippen molar-refractivity contribution in [1.29, 1.82) is 0 Å². The van der Waals surface area contributed by atoms with Gasteiger partial charge in [0, 0.05) is 24.7 Å². The number of nitrogens with one attached hydrogen (secondary N) is 1. The van der Waals surface area contributed by atoms with E-state index < -0.39 is 16.0 Å². The van der Waals surface area contributed by atoms with E-state index in [1.54, 1.807) is 0 Å². The average molecular weight is 514 g/mol. The van der Waals surface area contributed by atoms with Crippen molar-refractivity contribution in [2.24, 2.45) is 0 Å². The van der Waals surface area contributed by atoms with Gasteiger partial charge in [0.1, 0.15) is 0 Å². The molecule has 1 unspecified atom stereocenters. The van der Waals surface area contributed by atoms with Crippen molar-refractivity contribution in [3.63, 3.8) is 0 Å². The van der Waals surface area contributed by atoms with Crippen LogP contribution in [0.15, 0.2) is 103 Å². The summed E-state index contributed by atoms with van der Waals surface area (Å²) >= 11 is 0. The SMILES string of the molecule is C[C@H](NP(c1ccc2c(c1P(c1ccccc1)c1ccccc1)OCO2)C(C)(C)C)c1ccccc1. The van der Waals surface area contributed by atoms with E-state index in [1.807, 2.05) is 0 Å². The molecule has 184 valence electrons. The molecule has 4 aromatic carbocycles. The molecule has 1 aliphatic rings. The van der Waals surface area contributed by atoms with E-state index in [0.29, 0.717) is 0 Å². The van der Waals surface area contributed by atoms with E-state index in [9.17, 15) is 0 Å². The Kier molecular flexibility index (Phi) is 7.44. The van der Waals surface area contributed by atoms with Crippen molar-refractivity contribution in [3.05, 3.63) is 109 Å². The van der Waals surface area contributed by atoms with Crippen molar-refractivity contribution < 1.29 is 9.47 Å². The molecule has 36 heavy (non-hydrogen) atoms. The Bertz CT molecular complexity index is 1250. The Morgan fingerprint density at radius 1 is 0.722 bits per heavy atom. The van der Waals surface area contributed by atoms with Crippen LogP contribution in [0.2, 0.25) is 0 Å². The molecule has 0 aliphatic carbocycles. The van der Waals surface area contributed by atoms with Crippen LogP contribution in [-0.4, -0.2) is 11.9 Å². The molecule has 0 radical (unpaired) electrons. The molecule has 5 rings (SSSR count). The van der Waals surface area contributed by atoms with Crippen LogP contribution in [0.4, 0.5) is 0 Å². The molecule has 2 atom stereocenters. The summed E-state index contributed by atoms with van der Waals surface area (Å²) in [6, 6.07) is 37.0. The first-order valence-corrected chi connectivity index (χ1v) is 15.1. The molecular weight excluding hydrogens is 480 g/mol. The monoisotopic (exact) mass is 513 g/mol. The van der Waals surface area contributed by atoms with Gasteiger partial charge in [-0.3, -0.25) is 5.09 Å². The zero-order chi connectivity index (χ0) is 25.1. The maximum atomic E-state index is 6.22. The van der Waals surface area contributed by atoms with Crippen LogP contribution in [0.1, 0.15) is 39.3 Å². The Hall–Kier alpha value is -2.70. The largest absolute Gasteiger partial charge is 0.454 e. The summed E-state index contributed by atoms with van der Waals surface area (Å²) in [6.07, 6.45) is 0. The van der Waals surface area contributed by atoms with Crippen molar-refractivity contribution >= 4 is 37.2 Å². The molecule has 0 spiro atoms. The molecule has 1 heterocycles. The fraction of sp³-hybridized carbons (Fsp3) is 0.226. The van der Waals surface area contributed by atoms with Crippen molar-refractivity contribution in [2.45, 2.75) is 38.9 Å². The molecule has 5 heteroatoms. The lowest BCUT2D eigenvalue weighted by Crippen LogP contribution is -2.38. The van der Waals surface area contributed by atoms with Gasteiger partial charge < -0.3 is 9.47 Å². The average Bonchev–Trinajstić information content (AvgIpc) is 3.38. The minimum atomic E-state index is -0.857. The highest BCUT2D eigenvalue weighted by Gasteiger charge is 2.36. The quantitative estimate of drug-likeness (QED) is 0.293. The molecule has 0 aromatic heterocycles. The summed E-state index contributed by atoms with van der Waals surface area (Å²) < 4.78 is 12.1. The van der Waals surface area contributed by atoms with Gasteiger partial charge in [0.05, 0.1) is 0 Å². The maximum absolute atomic E-state index is 6.22. The van der Waals surface area contributed by atoms with Gasteiger partial charge >= 0.3 is 0 Å². The molecule has 4 aromatic rings. The van der Waals surface area contributed by atoms with Crippen molar-refractivity contribution in [2.75, 3.05) is 6.79 Å². The number of fused-ring (bicyclic) bond motifs is 1.